The smallest absolute Gasteiger partial charge is 0.0130 e. The number of benzene rings is 2. The van der Waals surface area contributed by atoms with Crippen molar-refractivity contribution in [1.82, 2.24) is 0 Å². The second-order valence-corrected chi connectivity index (χ2v) is 8.44. The highest BCUT2D eigenvalue weighted by molar-refractivity contribution is 14.1. The van der Waals surface area contributed by atoms with Crippen LogP contribution in [0.4, 0.5) is 0 Å². The van der Waals surface area contributed by atoms with Crippen LogP contribution in [0.5, 0.6) is 0 Å². The summed E-state index contributed by atoms with van der Waals surface area (Å²) in [6, 6.07) is 15.8. The molecule has 3 aliphatic rings. The number of fused-ring (bicyclic) bond motifs is 4. The molecule has 2 aromatic carbocycles. The molecular formula is C24H19I. The van der Waals surface area contributed by atoms with E-state index in [9.17, 15) is 0 Å². The molecule has 0 nitrogen and oxygen atoms in total. The van der Waals surface area contributed by atoms with Crippen molar-refractivity contribution in [3.05, 3.63) is 97.7 Å². The Morgan fingerprint density at radius 1 is 0.880 bits per heavy atom. The summed E-state index contributed by atoms with van der Waals surface area (Å²) in [7, 11) is 0. The van der Waals surface area contributed by atoms with Crippen molar-refractivity contribution in [2.45, 2.75) is 25.2 Å². The minimum Gasteiger partial charge on any atom is -0.0757 e. The number of halogens is 1. The maximum Gasteiger partial charge on any atom is 0.0130 e. The van der Waals surface area contributed by atoms with Gasteiger partial charge >= 0.3 is 0 Å². The van der Waals surface area contributed by atoms with E-state index in [-0.39, 0.29) is 0 Å². The fourth-order valence-corrected chi connectivity index (χ4v) is 4.80. The molecule has 5 rings (SSSR count). The molecule has 0 saturated carbocycles. The molecule has 0 bridgehead atoms. The van der Waals surface area contributed by atoms with E-state index in [2.05, 4.69) is 95.4 Å². The zero-order chi connectivity index (χ0) is 16.8. The summed E-state index contributed by atoms with van der Waals surface area (Å²) in [4.78, 5) is 0. The van der Waals surface area contributed by atoms with Gasteiger partial charge < -0.3 is 0 Å². The third-order valence-corrected chi connectivity index (χ3v) is 6.40. The van der Waals surface area contributed by atoms with E-state index in [0.717, 1.165) is 12.8 Å². The fraction of sp³-hybridized carbons (Fsp3) is 0.167. The van der Waals surface area contributed by atoms with Crippen LogP contribution in [-0.2, 0) is 6.42 Å². The molecule has 1 heteroatoms. The molecule has 2 aromatic rings. The summed E-state index contributed by atoms with van der Waals surface area (Å²) in [5.41, 5.74) is 9.91. The first-order valence-electron chi connectivity index (χ1n) is 8.96. The molecule has 1 atom stereocenters. The third-order valence-electron chi connectivity index (χ3n) is 5.55. The SMILES string of the molecule is IC1=Cc2ccc(C3=CCC4C(=C3)C=Cc3ccccc34)cc2CC1. The lowest BCUT2D eigenvalue weighted by Crippen LogP contribution is -2.09. The van der Waals surface area contributed by atoms with Gasteiger partial charge in [-0.2, -0.15) is 0 Å². The average Bonchev–Trinajstić information content (AvgIpc) is 2.67. The van der Waals surface area contributed by atoms with Gasteiger partial charge in [0, 0.05) is 5.92 Å². The number of hydrogen-bond donors (Lipinski definition) is 0. The summed E-state index contributed by atoms with van der Waals surface area (Å²) < 4.78 is 1.46. The normalized spacial score (nSPS) is 20.7. The van der Waals surface area contributed by atoms with Crippen LogP contribution < -0.4 is 0 Å². The number of aryl methyl sites for hydroxylation is 1. The Bertz CT molecular complexity index is 985. The maximum absolute atomic E-state index is 2.46. The molecule has 0 amide bonds. The van der Waals surface area contributed by atoms with Crippen LogP contribution in [0.25, 0.3) is 17.7 Å². The first-order valence-corrected chi connectivity index (χ1v) is 10.0. The van der Waals surface area contributed by atoms with E-state index >= 15 is 0 Å². The maximum atomic E-state index is 2.46. The Morgan fingerprint density at radius 2 is 1.80 bits per heavy atom. The average molecular weight is 434 g/mol. The van der Waals surface area contributed by atoms with Crippen molar-refractivity contribution < 1.29 is 0 Å². The highest BCUT2D eigenvalue weighted by Crippen LogP contribution is 2.41. The summed E-state index contributed by atoms with van der Waals surface area (Å²) in [6.07, 6.45) is 15.2. The van der Waals surface area contributed by atoms with Gasteiger partial charge in [-0.1, -0.05) is 66.8 Å². The van der Waals surface area contributed by atoms with E-state index in [1.807, 2.05) is 0 Å². The zero-order valence-electron chi connectivity index (χ0n) is 14.0. The van der Waals surface area contributed by atoms with Crippen LogP contribution in [-0.4, -0.2) is 0 Å². The Kier molecular flexibility index (Phi) is 3.78. The van der Waals surface area contributed by atoms with Gasteiger partial charge in [-0.25, -0.2) is 0 Å². The van der Waals surface area contributed by atoms with Crippen molar-refractivity contribution in [1.29, 1.82) is 0 Å². The van der Waals surface area contributed by atoms with Crippen LogP contribution in [0.3, 0.4) is 0 Å². The quantitative estimate of drug-likeness (QED) is 0.427. The molecule has 0 spiro atoms. The Hall–Kier alpha value is -1.87. The molecule has 1 unspecified atom stereocenters. The van der Waals surface area contributed by atoms with Crippen LogP contribution >= 0.6 is 22.6 Å². The van der Waals surface area contributed by atoms with Gasteiger partial charge in [0.05, 0.1) is 0 Å². The number of rotatable bonds is 1. The van der Waals surface area contributed by atoms with Crippen molar-refractivity contribution in [2.75, 3.05) is 0 Å². The molecule has 3 aliphatic carbocycles. The molecule has 0 radical (unpaired) electrons. The standard InChI is InChI=1S/C24H19I/c25-22-11-9-18-13-17(6-7-20(18)15-22)19-10-12-24-21(14-19)8-5-16-3-1-2-4-23(16)24/h1-8,10,13-15,24H,9,11-12H2. The lowest BCUT2D eigenvalue weighted by molar-refractivity contribution is 0.813. The van der Waals surface area contributed by atoms with Gasteiger partial charge in [0.2, 0.25) is 0 Å². The number of allylic oxidation sites excluding steroid dienone is 6. The van der Waals surface area contributed by atoms with E-state index < -0.39 is 0 Å². The topological polar surface area (TPSA) is 0 Å². The molecular weight excluding hydrogens is 415 g/mol. The molecule has 0 aromatic heterocycles. The van der Waals surface area contributed by atoms with Crippen LogP contribution in [0.15, 0.2) is 69.8 Å². The Balaban J connectivity index is 1.50. The molecule has 0 N–H and O–H groups in total. The predicted octanol–water partition coefficient (Wildman–Crippen LogP) is 6.93. The van der Waals surface area contributed by atoms with Gasteiger partial charge in [0.25, 0.3) is 0 Å². The van der Waals surface area contributed by atoms with Gasteiger partial charge in [0.15, 0.2) is 0 Å². The van der Waals surface area contributed by atoms with Gasteiger partial charge in [0.1, 0.15) is 0 Å². The first-order chi connectivity index (χ1) is 12.3. The van der Waals surface area contributed by atoms with Gasteiger partial charge in [-0.3, -0.25) is 0 Å². The Morgan fingerprint density at radius 3 is 2.76 bits per heavy atom. The molecule has 25 heavy (non-hydrogen) atoms. The van der Waals surface area contributed by atoms with Gasteiger partial charge in [-0.05, 0) is 90.5 Å². The first kappa shape index (κ1) is 15.4. The molecule has 0 saturated heterocycles. The van der Waals surface area contributed by atoms with Crippen LogP contribution in [0, 0.1) is 0 Å². The van der Waals surface area contributed by atoms with Gasteiger partial charge in [-0.15, -0.1) is 0 Å². The van der Waals surface area contributed by atoms with Crippen LogP contribution in [0.1, 0.15) is 46.6 Å². The van der Waals surface area contributed by atoms with E-state index in [0.29, 0.717) is 5.92 Å². The highest BCUT2D eigenvalue weighted by atomic mass is 127. The minimum absolute atomic E-state index is 0.520. The highest BCUT2D eigenvalue weighted by Gasteiger charge is 2.23. The monoisotopic (exact) mass is 434 g/mol. The predicted molar refractivity (Wildman–Crippen MR) is 116 cm³/mol. The fourth-order valence-electron chi connectivity index (χ4n) is 4.20. The zero-order valence-corrected chi connectivity index (χ0v) is 16.2. The minimum atomic E-state index is 0.520. The lowest BCUT2D eigenvalue weighted by atomic mass is 9.77. The number of hydrogen-bond acceptors (Lipinski definition) is 0. The summed E-state index contributed by atoms with van der Waals surface area (Å²) in [5.74, 6) is 0.520. The lowest BCUT2D eigenvalue weighted by Gasteiger charge is -2.27. The summed E-state index contributed by atoms with van der Waals surface area (Å²) >= 11 is 2.46. The Labute approximate surface area is 162 Å². The second-order valence-electron chi connectivity index (χ2n) is 7.06. The van der Waals surface area contributed by atoms with Crippen molar-refractivity contribution in [3.8, 4) is 0 Å². The van der Waals surface area contributed by atoms with E-state index in [4.69, 9.17) is 0 Å². The summed E-state index contributed by atoms with van der Waals surface area (Å²) in [6.45, 7) is 0. The molecule has 0 aliphatic heterocycles. The largest absolute Gasteiger partial charge is 0.0757 e. The summed E-state index contributed by atoms with van der Waals surface area (Å²) in [5, 5.41) is 0. The van der Waals surface area contributed by atoms with Crippen molar-refractivity contribution in [3.63, 3.8) is 0 Å². The van der Waals surface area contributed by atoms with E-state index in [1.165, 1.54) is 49.0 Å². The van der Waals surface area contributed by atoms with Crippen molar-refractivity contribution in [2.24, 2.45) is 0 Å². The molecule has 0 heterocycles. The van der Waals surface area contributed by atoms with Crippen LogP contribution in [0.2, 0.25) is 0 Å². The third kappa shape index (κ3) is 2.75. The second kappa shape index (κ2) is 6.14. The molecule has 122 valence electrons. The van der Waals surface area contributed by atoms with Crippen molar-refractivity contribution >= 4 is 40.3 Å². The molecule has 0 fully saturated rings. The van der Waals surface area contributed by atoms with E-state index in [1.54, 1.807) is 0 Å².